The molecule has 1 N–H and O–H groups in total. The maximum absolute atomic E-state index is 12.3. The van der Waals surface area contributed by atoms with E-state index in [0.717, 1.165) is 4.90 Å². The Labute approximate surface area is 121 Å². The van der Waals surface area contributed by atoms with Gasteiger partial charge in [-0.15, -0.1) is 0 Å². The van der Waals surface area contributed by atoms with Gasteiger partial charge in [0.1, 0.15) is 12.3 Å². The molecule has 5 nitrogen and oxygen atoms in total. The molecule has 0 heterocycles. The van der Waals surface area contributed by atoms with Crippen LogP contribution in [0.2, 0.25) is 0 Å². The third kappa shape index (κ3) is 5.76. The molecule has 0 atom stereocenters. The molecule has 0 fully saturated rings. The van der Waals surface area contributed by atoms with E-state index in [4.69, 9.17) is 5.11 Å². The molecule has 0 aliphatic rings. The number of benzene rings is 1. The van der Waals surface area contributed by atoms with Crippen molar-refractivity contribution in [3.8, 4) is 5.75 Å². The lowest BCUT2D eigenvalue weighted by Crippen LogP contribution is -2.38. The topological polar surface area (TPSA) is 66.8 Å². The second kappa shape index (κ2) is 7.56. The van der Waals surface area contributed by atoms with Crippen molar-refractivity contribution in [1.29, 1.82) is 0 Å². The van der Waals surface area contributed by atoms with Gasteiger partial charge in [0.15, 0.2) is 0 Å². The number of carboxylic acids is 1. The predicted molar refractivity (Wildman–Crippen MR) is 71.5 cm³/mol. The first-order valence-electron chi connectivity index (χ1n) is 6.35. The van der Waals surface area contributed by atoms with Crippen LogP contribution >= 0.6 is 0 Å². The maximum Gasteiger partial charge on any atom is 0.387 e. The van der Waals surface area contributed by atoms with Crippen molar-refractivity contribution in [2.75, 3.05) is 13.1 Å². The smallest absolute Gasteiger partial charge is 0.387 e. The van der Waals surface area contributed by atoms with Crippen LogP contribution in [0, 0.1) is 5.92 Å². The van der Waals surface area contributed by atoms with Crippen molar-refractivity contribution in [3.05, 3.63) is 29.8 Å². The summed E-state index contributed by atoms with van der Waals surface area (Å²) < 4.78 is 28.5. The molecule has 0 bridgehead atoms. The number of aliphatic carboxylic acids is 1. The Kier molecular flexibility index (Phi) is 6.08. The molecule has 116 valence electrons. The number of hydrogen-bond donors (Lipinski definition) is 1. The van der Waals surface area contributed by atoms with E-state index in [1.54, 1.807) is 0 Å². The number of carbonyl (C=O) groups excluding carboxylic acids is 1. The first-order valence-corrected chi connectivity index (χ1v) is 6.35. The number of alkyl halides is 2. The standard InChI is InChI=1S/C14H17F2NO4/c1-9(2)7-17(8-12(18)19)13(20)10-4-3-5-11(6-10)21-14(15)16/h3-6,9,14H,7-8H2,1-2H3,(H,18,19). The molecular weight excluding hydrogens is 284 g/mol. The molecule has 0 unspecified atom stereocenters. The highest BCUT2D eigenvalue weighted by molar-refractivity contribution is 5.96. The van der Waals surface area contributed by atoms with Crippen molar-refractivity contribution in [1.82, 2.24) is 4.90 Å². The molecule has 1 aromatic carbocycles. The summed E-state index contributed by atoms with van der Waals surface area (Å²) in [6, 6.07) is 5.30. The van der Waals surface area contributed by atoms with Crippen molar-refractivity contribution < 1.29 is 28.2 Å². The highest BCUT2D eigenvalue weighted by Crippen LogP contribution is 2.17. The van der Waals surface area contributed by atoms with Crippen LogP contribution < -0.4 is 4.74 Å². The molecule has 1 rings (SSSR count). The van der Waals surface area contributed by atoms with Gasteiger partial charge in [0, 0.05) is 12.1 Å². The van der Waals surface area contributed by atoms with Crippen molar-refractivity contribution in [2.24, 2.45) is 5.92 Å². The van der Waals surface area contributed by atoms with Crippen LogP contribution in [-0.4, -0.2) is 41.6 Å². The summed E-state index contributed by atoms with van der Waals surface area (Å²) in [7, 11) is 0. The number of ether oxygens (including phenoxy) is 1. The fourth-order valence-corrected chi connectivity index (χ4v) is 1.81. The Morgan fingerprint density at radius 3 is 2.52 bits per heavy atom. The van der Waals surface area contributed by atoms with Gasteiger partial charge in [-0.05, 0) is 24.1 Å². The van der Waals surface area contributed by atoms with Crippen LogP contribution in [0.3, 0.4) is 0 Å². The zero-order valence-electron chi connectivity index (χ0n) is 11.8. The van der Waals surface area contributed by atoms with E-state index in [0.29, 0.717) is 0 Å². The van der Waals surface area contributed by atoms with E-state index in [9.17, 15) is 18.4 Å². The zero-order chi connectivity index (χ0) is 16.0. The molecule has 0 radical (unpaired) electrons. The fourth-order valence-electron chi connectivity index (χ4n) is 1.81. The second-order valence-corrected chi connectivity index (χ2v) is 4.88. The Bertz CT molecular complexity index is 506. The van der Waals surface area contributed by atoms with Gasteiger partial charge in [-0.2, -0.15) is 8.78 Å². The van der Waals surface area contributed by atoms with Crippen molar-refractivity contribution in [3.63, 3.8) is 0 Å². The first-order chi connectivity index (χ1) is 9.79. The van der Waals surface area contributed by atoms with Crippen LogP contribution in [-0.2, 0) is 4.79 Å². The Balaban J connectivity index is 2.94. The molecule has 7 heteroatoms. The molecule has 0 saturated carbocycles. The number of hydrogen-bond acceptors (Lipinski definition) is 3. The van der Waals surface area contributed by atoms with E-state index in [1.165, 1.54) is 24.3 Å². The molecule has 1 amide bonds. The molecule has 0 saturated heterocycles. The molecule has 0 aliphatic carbocycles. The van der Waals surface area contributed by atoms with Crippen LogP contribution in [0.1, 0.15) is 24.2 Å². The van der Waals surface area contributed by atoms with Crippen LogP contribution in [0.15, 0.2) is 24.3 Å². The lowest BCUT2D eigenvalue weighted by Gasteiger charge is -2.23. The summed E-state index contributed by atoms with van der Waals surface area (Å²) in [6.45, 7) is 0.514. The summed E-state index contributed by atoms with van der Waals surface area (Å²) in [4.78, 5) is 24.3. The van der Waals surface area contributed by atoms with E-state index in [1.807, 2.05) is 13.8 Å². The molecular formula is C14H17F2NO4. The van der Waals surface area contributed by atoms with E-state index < -0.39 is 25.0 Å². The largest absolute Gasteiger partial charge is 0.480 e. The summed E-state index contributed by atoms with van der Waals surface area (Å²) in [6.07, 6.45) is 0. The lowest BCUT2D eigenvalue weighted by atomic mass is 10.1. The minimum Gasteiger partial charge on any atom is -0.480 e. The molecule has 0 spiro atoms. The molecule has 1 aromatic rings. The monoisotopic (exact) mass is 301 g/mol. The first kappa shape index (κ1) is 16.9. The molecule has 0 aliphatic heterocycles. The number of halogens is 2. The van der Waals surface area contributed by atoms with Gasteiger partial charge in [-0.1, -0.05) is 19.9 Å². The minimum absolute atomic E-state index is 0.0776. The third-order valence-corrected chi connectivity index (χ3v) is 2.51. The number of nitrogens with zero attached hydrogens (tertiary/aromatic N) is 1. The van der Waals surface area contributed by atoms with Crippen LogP contribution in [0.5, 0.6) is 5.75 Å². The zero-order valence-corrected chi connectivity index (χ0v) is 11.8. The summed E-state index contributed by atoms with van der Waals surface area (Å²) >= 11 is 0. The number of carbonyl (C=O) groups is 2. The lowest BCUT2D eigenvalue weighted by molar-refractivity contribution is -0.137. The highest BCUT2D eigenvalue weighted by atomic mass is 19.3. The summed E-state index contributed by atoms with van der Waals surface area (Å²) in [5.41, 5.74) is 0.107. The highest BCUT2D eigenvalue weighted by Gasteiger charge is 2.20. The minimum atomic E-state index is -2.99. The van der Waals surface area contributed by atoms with Gasteiger partial charge in [0.2, 0.25) is 0 Å². The van der Waals surface area contributed by atoms with Gasteiger partial charge >= 0.3 is 12.6 Å². The average molecular weight is 301 g/mol. The molecule has 21 heavy (non-hydrogen) atoms. The van der Waals surface area contributed by atoms with Gasteiger partial charge < -0.3 is 14.7 Å². The van der Waals surface area contributed by atoms with Gasteiger partial charge in [-0.25, -0.2) is 0 Å². The van der Waals surface area contributed by atoms with E-state index in [2.05, 4.69) is 4.74 Å². The quantitative estimate of drug-likeness (QED) is 0.840. The number of amides is 1. The average Bonchev–Trinajstić information content (AvgIpc) is 2.35. The van der Waals surface area contributed by atoms with Crippen molar-refractivity contribution in [2.45, 2.75) is 20.5 Å². The van der Waals surface area contributed by atoms with Crippen molar-refractivity contribution >= 4 is 11.9 Å². The Morgan fingerprint density at radius 1 is 1.33 bits per heavy atom. The Hall–Kier alpha value is -2.18. The van der Waals surface area contributed by atoms with Gasteiger partial charge in [0.25, 0.3) is 5.91 Å². The summed E-state index contributed by atoms with van der Waals surface area (Å²) in [5, 5.41) is 8.85. The normalized spacial score (nSPS) is 10.8. The van der Waals surface area contributed by atoms with Gasteiger partial charge in [-0.3, -0.25) is 9.59 Å². The summed E-state index contributed by atoms with van der Waals surface area (Å²) in [5.74, 6) is -1.74. The number of rotatable bonds is 7. The van der Waals surface area contributed by atoms with E-state index >= 15 is 0 Å². The predicted octanol–water partition coefficient (Wildman–Crippen LogP) is 2.47. The van der Waals surface area contributed by atoms with Gasteiger partial charge in [0.05, 0.1) is 0 Å². The number of carboxylic acid groups (broad SMARTS) is 1. The van der Waals surface area contributed by atoms with E-state index in [-0.39, 0.29) is 23.8 Å². The Morgan fingerprint density at radius 2 is 2.00 bits per heavy atom. The van der Waals surface area contributed by atoms with Crippen LogP contribution in [0.4, 0.5) is 8.78 Å². The fraction of sp³-hybridized carbons (Fsp3) is 0.429. The third-order valence-electron chi connectivity index (χ3n) is 2.51. The van der Waals surface area contributed by atoms with Crippen LogP contribution in [0.25, 0.3) is 0 Å². The maximum atomic E-state index is 12.3. The SMILES string of the molecule is CC(C)CN(CC(=O)O)C(=O)c1cccc(OC(F)F)c1. The molecule has 0 aromatic heterocycles. The second-order valence-electron chi connectivity index (χ2n) is 4.88.